The lowest BCUT2D eigenvalue weighted by Crippen LogP contribution is -2.31. The number of fused-ring (bicyclic) bond motifs is 2. The molecule has 0 N–H and O–H groups in total. The Morgan fingerprint density at radius 2 is 1.27 bits per heavy atom. The van der Waals surface area contributed by atoms with E-state index in [1.807, 2.05) is 0 Å². The molecule has 30 heavy (non-hydrogen) atoms. The minimum Gasteiger partial charge on any atom is -0.310 e. The first-order chi connectivity index (χ1) is 14.5. The molecule has 4 aromatic rings. The van der Waals surface area contributed by atoms with Gasteiger partial charge in [-0.2, -0.15) is 0 Å². The number of rotatable bonds is 2. The number of benzene rings is 4. The molecule has 0 atom stereocenters. The Morgan fingerprint density at radius 3 is 2.03 bits per heavy atom. The molecule has 148 valence electrons. The molecule has 4 aromatic carbocycles. The fraction of sp³-hybridized carbons (Fsp3) is 0.172. The molecule has 1 heteroatoms. The Bertz CT molecular complexity index is 1230. The minimum atomic E-state index is -0.110. The van der Waals surface area contributed by atoms with Crippen LogP contribution in [0.4, 0.5) is 17.1 Å². The van der Waals surface area contributed by atoms with Crippen LogP contribution >= 0.6 is 0 Å². The molecule has 0 spiro atoms. The van der Waals surface area contributed by atoms with Gasteiger partial charge >= 0.3 is 0 Å². The van der Waals surface area contributed by atoms with Crippen molar-refractivity contribution in [2.24, 2.45) is 0 Å². The van der Waals surface area contributed by atoms with Gasteiger partial charge in [-0.15, -0.1) is 0 Å². The molecule has 0 amide bonds. The van der Waals surface area contributed by atoms with Crippen molar-refractivity contribution in [3.63, 3.8) is 0 Å². The van der Waals surface area contributed by atoms with Crippen LogP contribution in [0.1, 0.15) is 36.1 Å². The van der Waals surface area contributed by atoms with Crippen LogP contribution in [0.25, 0.3) is 11.1 Å². The smallest absolute Gasteiger partial charge is 0.0509 e. The zero-order valence-corrected chi connectivity index (χ0v) is 18.1. The lowest BCUT2D eigenvalue weighted by atomic mass is 9.69. The maximum absolute atomic E-state index is 2.43. The number of nitrogens with zero attached hydrogens (tertiary/aromatic N) is 1. The summed E-state index contributed by atoms with van der Waals surface area (Å²) in [5.74, 6) is 0. The van der Waals surface area contributed by atoms with Crippen LogP contribution in [0.2, 0.25) is 0 Å². The molecule has 1 nitrogen and oxygen atoms in total. The Kier molecular flexibility index (Phi) is 4.29. The summed E-state index contributed by atoms with van der Waals surface area (Å²) in [5, 5.41) is 0. The van der Waals surface area contributed by atoms with Crippen LogP contribution in [-0.2, 0) is 5.41 Å². The standard InChI is InChI=1S/C29H27N/c1-20-12-8-9-15-23(20)27-21(2)18-19-26-28(27)29(3,4)24-16-10-11-17-25(24)30(26)22-13-6-5-7-14-22/h5-19H,1-4H3. The monoisotopic (exact) mass is 389 g/mol. The molecule has 0 aromatic heterocycles. The predicted molar refractivity (Wildman–Crippen MR) is 128 cm³/mol. The first kappa shape index (κ1) is 18.7. The first-order valence-electron chi connectivity index (χ1n) is 10.6. The fourth-order valence-electron chi connectivity index (χ4n) is 5.03. The molecule has 0 saturated heterocycles. The molecular weight excluding hydrogens is 362 g/mol. The third-order valence-electron chi connectivity index (χ3n) is 6.50. The lowest BCUT2D eigenvalue weighted by molar-refractivity contribution is 0.633. The van der Waals surface area contributed by atoms with Gasteiger partial charge in [0.25, 0.3) is 0 Å². The highest BCUT2D eigenvalue weighted by atomic mass is 15.2. The molecule has 0 unspecified atom stereocenters. The van der Waals surface area contributed by atoms with Crippen LogP contribution in [-0.4, -0.2) is 0 Å². The van der Waals surface area contributed by atoms with Crippen LogP contribution in [0.5, 0.6) is 0 Å². The summed E-state index contributed by atoms with van der Waals surface area (Å²) in [6, 6.07) is 32.9. The van der Waals surface area contributed by atoms with Crippen molar-refractivity contribution in [2.75, 3.05) is 4.90 Å². The van der Waals surface area contributed by atoms with Crippen LogP contribution < -0.4 is 4.90 Å². The average molecular weight is 390 g/mol. The van der Waals surface area contributed by atoms with E-state index in [0.717, 1.165) is 0 Å². The van der Waals surface area contributed by atoms with Crippen LogP contribution in [0.3, 0.4) is 0 Å². The molecular formula is C29H27N. The maximum Gasteiger partial charge on any atom is 0.0509 e. The summed E-state index contributed by atoms with van der Waals surface area (Å²) in [4.78, 5) is 2.43. The van der Waals surface area contributed by atoms with Crippen molar-refractivity contribution in [1.82, 2.24) is 0 Å². The number of anilines is 3. The van der Waals surface area contributed by atoms with E-state index >= 15 is 0 Å². The van der Waals surface area contributed by atoms with Crippen molar-refractivity contribution in [3.05, 3.63) is 113 Å². The summed E-state index contributed by atoms with van der Waals surface area (Å²) >= 11 is 0. The normalized spacial score (nSPS) is 14.2. The highest BCUT2D eigenvalue weighted by Crippen LogP contribution is 2.55. The topological polar surface area (TPSA) is 3.24 Å². The lowest BCUT2D eigenvalue weighted by Gasteiger charge is -2.43. The van der Waals surface area contributed by atoms with Crippen molar-refractivity contribution in [2.45, 2.75) is 33.1 Å². The van der Waals surface area contributed by atoms with E-state index in [4.69, 9.17) is 0 Å². The van der Waals surface area contributed by atoms with E-state index in [1.165, 1.54) is 50.4 Å². The third kappa shape index (κ3) is 2.69. The van der Waals surface area contributed by atoms with Gasteiger partial charge in [-0.1, -0.05) is 80.6 Å². The minimum absolute atomic E-state index is 0.110. The van der Waals surface area contributed by atoms with Gasteiger partial charge in [0.1, 0.15) is 0 Å². The second-order valence-corrected chi connectivity index (χ2v) is 8.78. The summed E-state index contributed by atoms with van der Waals surface area (Å²) in [5.41, 5.74) is 11.7. The van der Waals surface area contributed by atoms with Crippen molar-refractivity contribution in [1.29, 1.82) is 0 Å². The number of hydrogen-bond donors (Lipinski definition) is 0. The summed E-state index contributed by atoms with van der Waals surface area (Å²) < 4.78 is 0. The number of aryl methyl sites for hydroxylation is 2. The fourth-order valence-corrected chi connectivity index (χ4v) is 5.03. The molecule has 0 saturated carbocycles. The van der Waals surface area contributed by atoms with Crippen molar-refractivity contribution < 1.29 is 0 Å². The van der Waals surface area contributed by atoms with Gasteiger partial charge in [0, 0.05) is 11.1 Å². The van der Waals surface area contributed by atoms with Gasteiger partial charge in [0.05, 0.1) is 11.4 Å². The Labute approximate surface area is 179 Å². The third-order valence-corrected chi connectivity index (χ3v) is 6.50. The molecule has 5 rings (SSSR count). The second kappa shape index (κ2) is 6.88. The second-order valence-electron chi connectivity index (χ2n) is 8.78. The highest BCUT2D eigenvalue weighted by molar-refractivity contribution is 5.92. The van der Waals surface area contributed by atoms with Gasteiger partial charge in [-0.05, 0) is 71.5 Å². The van der Waals surface area contributed by atoms with Gasteiger partial charge in [-0.25, -0.2) is 0 Å². The average Bonchev–Trinajstić information content (AvgIpc) is 2.76. The summed E-state index contributed by atoms with van der Waals surface area (Å²) in [6.07, 6.45) is 0. The Balaban J connectivity index is 1.90. The van der Waals surface area contributed by atoms with Gasteiger partial charge in [0.2, 0.25) is 0 Å². The SMILES string of the molecule is Cc1ccccc1-c1c(C)ccc2c1C(C)(C)c1ccccc1N2c1ccccc1. The van der Waals surface area contributed by atoms with E-state index in [0.29, 0.717) is 0 Å². The van der Waals surface area contributed by atoms with Gasteiger partial charge in [-0.3, -0.25) is 0 Å². The van der Waals surface area contributed by atoms with E-state index < -0.39 is 0 Å². The summed E-state index contributed by atoms with van der Waals surface area (Å²) in [6.45, 7) is 9.20. The predicted octanol–water partition coefficient (Wildman–Crippen LogP) is 8.08. The summed E-state index contributed by atoms with van der Waals surface area (Å²) in [7, 11) is 0. The van der Waals surface area contributed by atoms with E-state index in [2.05, 4.69) is 124 Å². The molecule has 0 aliphatic carbocycles. The van der Waals surface area contributed by atoms with E-state index in [1.54, 1.807) is 0 Å². The number of para-hydroxylation sites is 2. The largest absolute Gasteiger partial charge is 0.310 e. The van der Waals surface area contributed by atoms with Gasteiger partial charge < -0.3 is 4.90 Å². The van der Waals surface area contributed by atoms with Crippen molar-refractivity contribution >= 4 is 17.1 Å². The Morgan fingerprint density at radius 1 is 0.600 bits per heavy atom. The van der Waals surface area contributed by atoms with Crippen molar-refractivity contribution in [3.8, 4) is 11.1 Å². The zero-order valence-electron chi connectivity index (χ0n) is 18.1. The van der Waals surface area contributed by atoms with E-state index in [-0.39, 0.29) is 5.41 Å². The highest BCUT2D eigenvalue weighted by Gasteiger charge is 2.39. The molecule has 1 aliphatic rings. The molecule has 1 heterocycles. The molecule has 0 fully saturated rings. The zero-order chi connectivity index (χ0) is 20.9. The quantitative estimate of drug-likeness (QED) is 0.335. The molecule has 0 bridgehead atoms. The van der Waals surface area contributed by atoms with Crippen LogP contribution in [0.15, 0.2) is 91.0 Å². The van der Waals surface area contributed by atoms with Crippen LogP contribution in [0, 0.1) is 13.8 Å². The maximum atomic E-state index is 2.43. The molecule has 1 aliphatic heterocycles. The first-order valence-corrected chi connectivity index (χ1v) is 10.6. The van der Waals surface area contributed by atoms with E-state index in [9.17, 15) is 0 Å². The number of hydrogen-bond acceptors (Lipinski definition) is 1. The molecule has 0 radical (unpaired) electrons. The van der Waals surface area contributed by atoms with Gasteiger partial charge in [0.15, 0.2) is 0 Å². The Hall–Kier alpha value is -3.32.